The topological polar surface area (TPSA) is 39.2 Å². The van der Waals surface area contributed by atoms with Gasteiger partial charge in [-0.1, -0.05) is 13.8 Å². The Morgan fingerprint density at radius 2 is 2.25 bits per heavy atom. The summed E-state index contributed by atoms with van der Waals surface area (Å²) in [5, 5.41) is -0.254. The maximum atomic E-state index is 11.1. The summed E-state index contributed by atoms with van der Waals surface area (Å²) in [5.74, 6) is 0. The van der Waals surface area contributed by atoms with Crippen LogP contribution in [0.25, 0.3) is 0 Å². The number of halogens is 1. The number of carbonyl (C=O) groups is 1. The lowest BCUT2D eigenvalue weighted by Crippen LogP contribution is -2.25. The van der Waals surface area contributed by atoms with Crippen LogP contribution in [0, 0.1) is 0 Å². The second kappa shape index (κ2) is 5.68. The highest BCUT2D eigenvalue weighted by Gasteiger charge is 2.23. The van der Waals surface area contributed by atoms with Crippen molar-refractivity contribution in [3.63, 3.8) is 0 Å². The van der Waals surface area contributed by atoms with Gasteiger partial charge >= 0.3 is 5.30 Å². The van der Waals surface area contributed by atoms with E-state index in [4.69, 9.17) is 4.74 Å². The van der Waals surface area contributed by atoms with Crippen molar-refractivity contribution in [3.8, 4) is 0 Å². The van der Waals surface area contributed by atoms with Crippen LogP contribution < -0.4 is 0 Å². The second-order valence-electron chi connectivity index (χ2n) is 4.02. The molecule has 1 rings (SSSR count). The van der Waals surface area contributed by atoms with E-state index in [-0.39, 0.29) is 10.7 Å². The highest BCUT2D eigenvalue weighted by atomic mass is 79.9. The highest BCUT2D eigenvalue weighted by molar-refractivity contribution is 9.10. The minimum Gasteiger partial charge on any atom is -0.457 e. The number of rotatable bonds is 3. The highest BCUT2D eigenvalue weighted by Crippen LogP contribution is 2.25. The summed E-state index contributed by atoms with van der Waals surface area (Å²) in [7, 11) is 0. The molecular weight excluding hydrogens is 290 g/mol. The summed E-state index contributed by atoms with van der Waals surface area (Å²) in [4.78, 5) is 15.2. The zero-order valence-corrected chi connectivity index (χ0v) is 11.9. The van der Waals surface area contributed by atoms with Gasteiger partial charge in [0.25, 0.3) is 0 Å². The minimum absolute atomic E-state index is 0.234. The lowest BCUT2D eigenvalue weighted by atomic mass is 9.87. The summed E-state index contributed by atoms with van der Waals surface area (Å²) in [6.45, 7) is 4.39. The lowest BCUT2D eigenvalue weighted by Gasteiger charge is -2.24. The second-order valence-corrected chi connectivity index (χ2v) is 5.68. The monoisotopic (exact) mass is 303 g/mol. The molecule has 0 unspecified atom stereocenters. The molecule has 0 aliphatic carbocycles. The molecule has 0 radical (unpaired) electrons. The van der Waals surface area contributed by atoms with Crippen LogP contribution in [-0.2, 0) is 10.2 Å². The van der Waals surface area contributed by atoms with E-state index in [0.717, 1.165) is 21.8 Å². The van der Waals surface area contributed by atoms with Gasteiger partial charge in [-0.2, -0.15) is 0 Å². The first-order valence-electron chi connectivity index (χ1n) is 4.77. The van der Waals surface area contributed by atoms with E-state index >= 15 is 0 Å². The van der Waals surface area contributed by atoms with Crippen molar-refractivity contribution in [2.45, 2.75) is 19.3 Å². The van der Waals surface area contributed by atoms with E-state index in [1.165, 1.54) is 0 Å². The first-order valence-corrected chi connectivity index (χ1v) is 6.79. The van der Waals surface area contributed by atoms with Crippen LogP contribution in [0.5, 0.6) is 0 Å². The number of thioether (sulfide) groups is 1. The minimum atomic E-state index is -0.254. The molecule has 5 heteroatoms. The molecule has 0 bridgehead atoms. The van der Waals surface area contributed by atoms with Crippen LogP contribution in [0.15, 0.2) is 22.9 Å². The molecule has 1 heterocycles. The van der Waals surface area contributed by atoms with Gasteiger partial charge in [0.05, 0.1) is 0 Å². The lowest BCUT2D eigenvalue weighted by molar-refractivity contribution is 0.149. The summed E-state index contributed by atoms with van der Waals surface area (Å²) in [6.07, 6.45) is 5.22. The van der Waals surface area contributed by atoms with E-state index in [1.54, 1.807) is 18.6 Å². The molecule has 0 N–H and O–H groups in total. The van der Waals surface area contributed by atoms with Crippen LogP contribution in [0.4, 0.5) is 4.79 Å². The van der Waals surface area contributed by atoms with Gasteiger partial charge in [0.1, 0.15) is 6.61 Å². The number of hydrogen-bond acceptors (Lipinski definition) is 4. The third-order valence-electron chi connectivity index (χ3n) is 2.20. The third-order valence-corrected chi connectivity index (χ3v) is 3.09. The van der Waals surface area contributed by atoms with E-state index in [1.807, 2.05) is 19.9 Å². The molecule has 0 aliphatic heterocycles. The van der Waals surface area contributed by atoms with Crippen LogP contribution in [-0.4, -0.2) is 23.1 Å². The first-order chi connectivity index (χ1) is 7.45. The Labute approximate surface area is 108 Å². The van der Waals surface area contributed by atoms with Gasteiger partial charge < -0.3 is 4.74 Å². The third kappa shape index (κ3) is 3.79. The van der Waals surface area contributed by atoms with Crippen molar-refractivity contribution in [2.24, 2.45) is 0 Å². The van der Waals surface area contributed by atoms with Crippen LogP contribution in [0.3, 0.4) is 0 Å². The van der Waals surface area contributed by atoms with Gasteiger partial charge in [0.2, 0.25) is 0 Å². The maximum absolute atomic E-state index is 11.1. The number of pyridine rings is 1. The van der Waals surface area contributed by atoms with Crippen molar-refractivity contribution in [1.82, 2.24) is 4.98 Å². The number of ether oxygens (including phenoxy) is 1. The standard InChI is InChI=1S/C11H14BrNO2S/c1-11(2,7-15-10(14)16-3)8-4-9(12)6-13-5-8/h4-6H,7H2,1-3H3. The van der Waals surface area contributed by atoms with Gasteiger partial charge in [0.15, 0.2) is 0 Å². The Kier molecular flexibility index (Phi) is 4.80. The first kappa shape index (κ1) is 13.5. The number of hydrogen-bond donors (Lipinski definition) is 0. The molecule has 0 fully saturated rings. The predicted molar refractivity (Wildman–Crippen MR) is 69.8 cm³/mol. The average molecular weight is 304 g/mol. The number of nitrogens with zero attached hydrogens (tertiary/aromatic N) is 1. The van der Waals surface area contributed by atoms with E-state index < -0.39 is 0 Å². The zero-order valence-electron chi connectivity index (χ0n) is 9.49. The zero-order chi connectivity index (χ0) is 12.2. The molecular formula is C11H14BrNO2S. The Morgan fingerprint density at radius 1 is 1.56 bits per heavy atom. The Bertz CT molecular complexity index is 382. The molecule has 0 aliphatic rings. The van der Waals surface area contributed by atoms with Crippen molar-refractivity contribution in [1.29, 1.82) is 0 Å². The quantitative estimate of drug-likeness (QED) is 0.800. The molecule has 0 amide bonds. The molecule has 0 saturated heterocycles. The average Bonchev–Trinajstić information content (AvgIpc) is 2.26. The fraction of sp³-hybridized carbons (Fsp3) is 0.455. The van der Waals surface area contributed by atoms with Crippen LogP contribution in [0.1, 0.15) is 19.4 Å². The Morgan fingerprint density at radius 3 is 2.81 bits per heavy atom. The molecule has 1 aromatic heterocycles. The summed E-state index contributed by atoms with van der Waals surface area (Å²) >= 11 is 4.45. The predicted octanol–water partition coefficient (Wildman–Crippen LogP) is 3.62. The van der Waals surface area contributed by atoms with Crippen molar-refractivity contribution in [3.05, 3.63) is 28.5 Å². The molecule has 1 aromatic rings. The summed E-state index contributed by atoms with van der Waals surface area (Å²) in [6, 6.07) is 1.99. The molecule has 16 heavy (non-hydrogen) atoms. The van der Waals surface area contributed by atoms with Gasteiger partial charge in [-0.3, -0.25) is 4.98 Å². The molecule has 0 atom stereocenters. The SMILES string of the molecule is CSC(=O)OCC(C)(C)c1cncc(Br)c1. The van der Waals surface area contributed by atoms with Crippen LogP contribution >= 0.6 is 27.7 Å². The van der Waals surface area contributed by atoms with E-state index in [9.17, 15) is 4.79 Å². The number of aromatic nitrogens is 1. The number of carbonyl (C=O) groups excluding carboxylic acids is 1. The molecule has 0 spiro atoms. The molecule has 0 aromatic carbocycles. The summed E-state index contributed by atoms with van der Waals surface area (Å²) < 4.78 is 6.06. The summed E-state index contributed by atoms with van der Waals surface area (Å²) in [5.41, 5.74) is 0.804. The van der Waals surface area contributed by atoms with Gasteiger partial charge in [-0.25, -0.2) is 4.79 Å². The van der Waals surface area contributed by atoms with Crippen molar-refractivity contribution < 1.29 is 9.53 Å². The van der Waals surface area contributed by atoms with Gasteiger partial charge in [0, 0.05) is 22.3 Å². The fourth-order valence-corrected chi connectivity index (χ4v) is 1.71. The van der Waals surface area contributed by atoms with Gasteiger partial charge in [-0.15, -0.1) is 0 Å². The molecule has 88 valence electrons. The maximum Gasteiger partial charge on any atom is 0.367 e. The fourth-order valence-electron chi connectivity index (χ4n) is 1.16. The molecule has 0 saturated carbocycles. The van der Waals surface area contributed by atoms with E-state index in [0.29, 0.717) is 6.61 Å². The smallest absolute Gasteiger partial charge is 0.367 e. The Hall–Kier alpha value is -0.550. The van der Waals surface area contributed by atoms with Crippen molar-refractivity contribution in [2.75, 3.05) is 12.9 Å². The molecule has 3 nitrogen and oxygen atoms in total. The Balaban J connectivity index is 2.73. The van der Waals surface area contributed by atoms with Crippen molar-refractivity contribution >= 4 is 33.0 Å². The van der Waals surface area contributed by atoms with Crippen LogP contribution in [0.2, 0.25) is 0 Å². The normalized spacial score (nSPS) is 11.2. The van der Waals surface area contributed by atoms with E-state index in [2.05, 4.69) is 20.9 Å². The van der Waals surface area contributed by atoms with Gasteiger partial charge in [-0.05, 0) is 45.6 Å². The largest absolute Gasteiger partial charge is 0.457 e.